The van der Waals surface area contributed by atoms with Crippen LogP contribution in [0.15, 0.2) is 0 Å². The highest BCUT2D eigenvalue weighted by Crippen LogP contribution is 2.27. The summed E-state index contributed by atoms with van der Waals surface area (Å²) in [4.78, 5) is 19.8. The Hall–Kier alpha value is -2.19. The number of amides is 1. The quantitative estimate of drug-likeness (QED) is 0.919. The van der Waals surface area contributed by atoms with Crippen LogP contribution in [0, 0.1) is 13.8 Å². The van der Waals surface area contributed by atoms with Crippen molar-refractivity contribution in [1.29, 1.82) is 0 Å². The standard InChI is InChI=1S/C16H20F3N5O/c1-9-12(8-13(25)21-11-6-4-3-5-7-11)10(2)24-15(20-9)22-14(23-24)16(17,18)19/h11H,3-8H2,1-2H3,(H,21,25). The van der Waals surface area contributed by atoms with E-state index in [2.05, 4.69) is 20.4 Å². The Bertz CT molecular complexity index is 793. The summed E-state index contributed by atoms with van der Waals surface area (Å²) in [6.07, 6.45) is 0.785. The minimum absolute atomic E-state index is 0.0678. The van der Waals surface area contributed by atoms with Gasteiger partial charge in [-0.15, -0.1) is 5.10 Å². The number of hydrogen-bond acceptors (Lipinski definition) is 4. The summed E-state index contributed by atoms with van der Waals surface area (Å²) in [7, 11) is 0. The molecule has 9 heteroatoms. The van der Waals surface area contributed by atoms with Crippen molar-refractivity contribution in [3.8, 4) is 0 Å². The fraction of sp³-hybridized carbons (Fsp3) is 0.625. The molecule has 1 aliphatic rings. The van der Waals surface area contributed by atoms with E-state index in [4.69, 9.17) is 0 Å². The highest BCUT2D eigenvalue weighted by atomic mass is 19.4. The van der Waals surface area contributed by atoms with Gasteiger partial charge >= 0.3 is 6.18 Å². The van der Waals surface area contributed by atoms with Crippen molar-refractivity contribution in [1.82, 2.24) is 24.9 Å². The van der Waals surface area contributed by atoms with E-state index in [9.17, 15) is 18.0 Å². The first-order valence-corrected chi connectivity index (χ1v) is 8.35. The summed E-state index contributed by atoms with van der Waals surface area (Å²) in [5, 5.41) is 6.50. The number of nitrogens with one attached hydrogen (secondary N) is 1. The van der Waals surface area contributed by atoms with Gasteiger partial charge in [-0.05, 0) is 26.7 Å². The van der Waals surface area contributed by atoms with Crippen LogP contribution in [0.3, 0.4) is 0 Å². The molecular formula is C16H20F3N5O. The lowest BCUT2D eigenvalue weighted by atomic mass is 9.95. The van der Waals surface area contributed by atoms with Gasteiger partial charge in [0.05, 0.1) is 6.42 Å². The molecule has 1 aliphatic carbocycles. The summed E-state index contributed by atoms with van der Waals surface area (Å²) in [5.74, 6) is -1.49. The highest BCUT2D eigenvalue weighted by Gasteiger charge is 2.37. The van der Waals surface area contributed by atoms with Crippen molar-refractivity contribution < 1.29 is 18.0 Å². The summed E-state index contributed by atoms with van der Waals surface area (Å²) in [5.41, 5.74) is 1.52. The molecule has 2 heterocycles. The van der Waals surface area contributed by atoms with Crippen LogP contribution in [0.5, 0.6) is 0 Å². The van der Waals surface area contributed by atoms with Gasteiger partial charge in [-0.1, -0.05) is 19.3 Å². The van der Waals surface area contributed by atoms with E-state index in [1.807, 2.05) is 0 Å². The highest BCUT2D eigenvalue weighted by molar-refractivity contribution is 5.79. The Morgan fingerprint density at radius 1 is 1.20 bits per heavy atom. The van der Waals surface area contributed by atoms with E-state index < -0.39 is 12.0 Å². The Morgan fingerprint density at radius 2 is 1.88 bits per heavy atom. The van der Waals surface area contributed by atoms with Gasteiger partial charge in [-0.25, -0.2) is 9.50 Å². The minimum atomic E-state index is -4.63. The minimum Gasteiger partial charge on any atom is -0.353 e. The molecule has 1 amide bonds. The lowest BCUT2D eigenvalue weighted by Gasteiger charge is -2.23. The zero-order valence-electron chi connectivity index (χ0n) is 14.2. The number of rotatable bonds is 3. The van der Waals surface area contributed by atoms with Crippen LogP contribution >= 0.6 is 0 Å². The lowest BCUT2D eigenvalue weighted by molar-refractivity contribution is -0.144. The molecule has 6 nitrogen and oxygen atoms in total. The average molecular weight is 355 g/mol. The van der Waals surface area contributed by atoms with Crippen LogP contribution < -0.4 is 5.32 Å². The van der Waals surface area contributed by atoms with Gasteiger partial charge in [0.2, 0.25) is 5.91 Å². The van der Waals surface area contributed by atoms with E-state index in [-0.39, 0.29) is 24.1 Å². The zero-order chi connectivity index (χ0) is 18.2. The molecule has 0 aromatic carbocycles. The van der Waals surface area contributed by atoms with Crippen molar-refractivity contribution >= 4 is 11.7 Å². The molecule has 3 rings (SSSR count). The van der Waals surface area contributed by atoms with E-state index in [1.165, 1.54) is 6.42 Å². The number of nitrogens with zero attached hydrogens (tertiary/aromatic N) is 4. The van der Waals surface area contributed by atoms with E-state index >= 15 is 0 Å². The Labute approximate surface area is 142 Å². The molecule has 0 aliphatic heterocycles. The third-order valence-corrected chi connectivity index (χ3v) is 4.61. The predicted octanol–water partition coefficient (Wildman–Crippen LogP) is 2.75. The number of fused-ring (bicyclic) bond motifs is 1. The van der Waals surface area contributed by atoms with Gasteiger partial charge < -0.3 is 5.32 Å². The van der Waals surface area contributed by atoms with Crippen LogP contribution in [-0.4, -0.2) is 31.5 Å². The van der Waals surface area contributed by atoms with E-state index in [0.717, 1.165) is 30.2 Å². The third-order valence-electron chi connectivity index (χ3n) is 4.61. The second-order valence-electron chi connectivity index (χ2n) is 6.49. The summed E-state index contributed by atoms with van der Waals surface area (Å²) in [6, 6.07) is 0.182. The molecule has 2 aromatic rings. The summed E-state index contributed by atoms with van der Waals surface area (Å²) >= 11 is 0. The number of aromatic nitrogens is 4. The van der Waals surface area contributed by atoms with Crippen molar-refractivity contribution in [2.45, 2.75) is 64.6 Å². The molecule has 0 atom stereocenters. The number of aryl methyl sites for hydroxylation is 2. The topological polar surface area (TPSA) is 72.2 Å². The second kappa shape index (κ2) is 6.61. The summed E-state index contributed by atoms with van der Waals surface area (Å²) < 4.78 is 39.5. The molecule has 0 unspecified atom stereocenters. The molecule has 0 bridgehead atoms. The van der Waals surface area contributed by atoms with Gasteiger partial charge in [-0.3, -0.25) is 4.79 Å². The molecule has 2 aromatic heterocycles. The largest absolute Gasteiger partial charge is 0.453 e. The van der Waals surface area contributed by atoms with Gasteiger partial charge in [0.25, 0.3) is 11.6 Å². The van der Waals surface area contributed by atoms with Crippen molar-refractivity contribution in [3.05, 3.63) is 22.8 Å². The number of carbonyl (C=O) groups excluding carboxylic acids is 1. The maximum Gasteiger partial charge on any atom is 0.453 e. The van der Waals surface area contributed by atoms with Crippen molar-refractivity contribution in [2.75, 3.05) is 0 Å². The molecule has 1 N–H and O–H groups in total. The molecule has 136 valence electrons. The van der Waals surface area contributed by atoms with Gasteiger partial charge in [0.1, 0.15) is 0 Å². The molecule has 0 spiro atoms. The fourth-order valence-corrected chi connectivity index (χ4v) is 3.27. The smallest absolute Gasteiger partial charge is 0.353 e. The second-order valence-corrected chi connectivity index (χ2v) is 6.49. The van der Waals surface area contributed by atoms with Gasteiger partial charge in [0, 0.05) is 23.0 Å². The zero-order valence-corrected chi connectivity index (χ0v) is 14.2. The van der Waals surface area contributed by atoms with Crippen LogP contribution in [-0.2, 0) is 17.4 Å². The average Bonchev–Trinajstić information content (AvgIpc) is 2.97. The molecular weight excluding hydrogens is 335 g/mol. The van der Waals surface area contributed by atoms with Crippen molar-refractivity contribution in [2.24, 2.45) is 0 Å². The molecule has 1 saturated carbocycles. The predicted molar refractivity (Wildman–Crippen MR) is 84.0 cm³/mol. The third kappa shape index (κ3) is 3.74. The van der Waals surface area contributed by atoms with E-state index in [1.54, 1.807) is 13.8 Å². The van der Waals surface area contributed by atoms with E-state index in [0.29, 0.717) is 17.0 Å². The van der Waals surface area contributed by atoms with Crippen LogP contribution in [0.2, 0.25) is 0 Å². The Balaban J connectivity index is 1.84. The maximum atomic E-state index is 12.8. The number of hydrogen-bond donors (Lipinski definition) is 1. The monoisotopic (exact) mass is 355 g/mol. The SMILES string of the molecule is Cc1nc2nc(C(F)(F)F)nn2c(C)c1CC(=O)NC1CCCCC1. The molecule has 25 heavy (non-hydrogen) atoms. The fourth-order valence-electron chi connectivity index (χ4n) is 3.27. The summed E-state index contributed by atoms with van der Waals surface area (Å²) in [6.45, 7) is 3.29. The molecule has 0 radical (unpaired) electrons. The Morgan fingerprint density at radius 3 is 2.52 bits per heavy atom. The lowest BCUT2D eigenvalue weighted by Crippen LogP contribution is -2.37. The first-order chi connectivity index (χ1) is 11.8. The molecule has 1 fully saturated rings. The number of halogens is 3. The van der Waals surface area contributed by atoms with Crippen LogP contribution in [0.25, 0.3) is 5.78 Å². The van der Waals surface area contributed by atoms with Crippen LogP contribution in [0.4, 0.5) is 13.2 Å². The number of carbonyl (C=O) groups is 1. The first-order valence-electron chi connectivity index (χ1n) is 8.35. The maximum absolute atomic E-state index is 12.8. The molecule has 0 saturated heterocycles. The van der Waals surface area contributed by atoms with Gasteiger partial charge in [0.15, 0.2) is 0 Å². The normalized spacial score (nSPS) is 16.4. The van der Waals surface area contributed by atoms with Crippen molar-refractivity contribution in [3.63, 3.8) is 0 Å². The Kier molecular flexibility index (Phi) is 4.66. The van der Waals surface area contributed by atoms with Gasteiger partial charge in [-0.2, -0.15) is 18.2 Å². The van der Waals surface area contributed by atoms with Crippen LogP contribution in [0.1, 0.15) is 54.9 Å². The first kappa shape index (κ1) is 17.6. The number of alkyl halides is 3.